The number of amides is 1. The van der Waals surface area contributed by atoms with E-state index in [-0.39, 0.29) is 28.6 Å². The van der Waals surface area contributed by atoms with Gasteiger partial charge in [-0.05, 0) is 50.6 Å². The first-order valence-corrected chi connectivity index (χ1v) is 10.5. The maximum absolute atomic E-state index is 13.4. The van der Waals surface area contributed by atoms with Crippen LogP contribution in [0.1, 0.15) is 37.5 Å². The molecule has 0 spiro atoms. The Balaban J connectivity index is 1.82. The lowest BCUT2D eigenvalue weighted by Gasteiger charge is -2.18. The fraction of sp³-hybridized carbons (Fsp3) is 0.364. The van der Waals surface area contributed by atoms with E-state index in [2.05, 4.69) is 10.3 Å². The van der Waals surface area contributed by atoms with Crippen LogP contribution in [-0.2, 0) is 28.9 Å². The van der Waals surface area contributed by atoms with Gasteiger partial charge in [-0.2, -0.15) is 13.2 Å². The number of rotatable bonds is 6. The molecule has 10 heteroatoms. The van der Waals surface area contributed by atoms with Crippen molar-refractivity contribution in [3.8, 4) is 5.75 Å². The SMILES string of the molecule is COc1ccc(COCc2cc(C(F)(F)F)cc3sc(NC(=O)OC(C)(C)C)nc23)cc1. The van der Waals surface area contributed by atoms with E-state index in [0.717, 1.165) is 29.0 Å². The Labute approximate surface area is 187 Å². The number of carbonyl (C=O) groups is 1. The molecule has 0 saturated heterocycles. The number of thiazole rings is 1. The van der Waals surface area contributed by atoms with Gasteiger partial charge in [0.25, 0.3) is 0 Å². The topological polar surface area (TPSA) is 69.7 Å². The first-order valence-electron chi connectivity index (χ1n) is 9.66. The summed E-state index contributed by atoms with van der Waals surface area (Å²) in [7, 11) is 1.56. The van der Waals surface area contributed by atoms with Crippen molar-refractivity contribution in [2.75, 3.05) is 12.4 Å². The van der Waals surface area contributed by atoms with Gasteiger partial charge in [0, 0.05) is 5.56 Å². The van der Waals surface area contributed by atoms with Gasteiger partial charge in [-0.1, -0.05) is 23.5 Å². The molecule has 2 aromatic carbocycles. The van der Waals surface area contributed by atoms with E-state index in [1.807, 2.05) is 12.1 Å². The smallest absolute Gasteiger partial charge is 0.416 e. The van der Waals surface area contributed by atoms with Crippen molar-refractivity contribution in [1.82, 2.24) is 4.98 Å². The third-order valence-corrected chi connectivity index (χ3v) is 5.11. The summed E-state index contributed by atoms with van der Waals surface area (Å²) in [6, 6.07) is 9.21. The lowest BCUT2D eigenvalue weighted by Crippen LogP contribution is -2.27. The number of anilines is 1. The number of alkyl halides is 3. The number of ether oxygens (including phenoxy) is 3. The van der Waals surface area contributed by atoms with Gasteiger partial charge in [0.15, 0.2) is 5.13 Å². The third kappa shape index (κ3) is 6.33. The Morgan fingerprint density at radius 2 is 1.78 bits per heavy atom. The molecule has 0 atom stereocenters. The van der Waals surface area contributed by atoms with Crippen LogP contribution in [0.2, 0.25) is 0 Å². The fourth-order valence-corrected chi connectivity index (χ4v) is 3.76. The molecule has 6 nitrogen and oxygen atoms in total. The zero-order valence-electron chi connectivity index (χ0n) is 18.0. The van der Waals surface area contributed by atoms with Gasteiger partial charge >= 0.3 is 12.3 Å². The van der Waals surface area contributed by atoms with E-state index >= 15 is 0 Å². The summed E-state index contributed by atoms with van der Waals surface area (Å²) in [6.45, 7) is 5.24. The number of aromatic nitrogens is 1. The van der Waals surface area contributed by atoms with Gasteiger partial charge in [-0.3, -0.25) is 5.32 Å². The van der Waals surface area contributed by atoms with Crippen molar-refractivity contribution in [1.29, 1.82) is 0 Å². The Bertz CT molecular complexity index is 1090. The van der Waals surface area contributed by atoms with Crippen LogP contribution in [0.4, 0.5) is 23.1 Å². The molecule has 0 aliphatic rings. The molecule has 1 N–H and O–H groups in total. The first kappa shape index (κ1) is 23.8. The number of methoxy groups -OCH3 is 1. The second kappa shape index (κ2) is 9.33. The predicted molar refractivity (Wildman–Crippen MR) is 116 cm³/mol. The summed E-state index contributed by atoms with van der Waals surface area (Å²) in [6.07, 6.45) is -5.26. The second-order valence-corrected chi connectivity index (χ2v) is 9.00. The summed E-state index contributed by atoms with van der Waals surface area (Å²) in [4.78, 5) is 16.3. The second-order valence-electron chi connectivity index (χ2n) is 7.97. The van der Waals surface area contributed by atoms with Gasteiger partial charge in [0.05, 0.1) is 36.1 Å². The maximum Gasteiger partial charge on any atom is 0.416 e. The average molecular weight is 468 g/mol. The fourth-order valence-electron chi connectivity index (χ4n) is 2.82. The zero-order chi connectivity index (χ0) is 23.5. The Morgan fingerprint density at radius 1 is 1.09 bits per heavy atom. The van der Waals surface area contributed by atoms with Crippen molar-refractivity contribution < 1.29 is 32.2 Å². The first-order chi connectivity index (χ1) is 14.9. The summed E-state index contributed by atoms with van der Waals surface area (Å²) < 4.78 is 56.4. The monoisotopic (exact) mass is 468 g/mol. The number of benzene rings is 2. The number of fused-ring (bicyclic) bond motifs is 1. The van der Waals surface area contributed by atoms with Gasteiger partial charge in [-0.15, -0.1) is 0 Å². The van der Waals surface area contributed by atoms with Crippen LogP contribution in [0.15, 0.2) is 36.4 Å². The average Bonchev–Trinajstić information content (AvgIpc) is 3.08. The van der Waals surface area contributed by atoms with E-state index in [9.17, 15) is 18.0 Å². The summed E-state index contributed by atoms with van der Waals surface area (Å²) in [5.41, 5.74) is -0.0641. The normalized spacial score (nSPS) is 12.1. The van der Waals surface area contributed by atoms with E-state index in [1.165, 1.54) is 0 Å². The predicted octanol–water partition coefficient (Wildman–Crippen LogP) is 6.39. The van der Waals surface area contributed by atoms with E-state index in [0.29, 0.717) is 11.3 Å². The summed E-state index contributed by atoms with van der Waals surface area (Å²) >= 11 is 0.937. The minimum Gasteiger partial charge on any atom is -0.497 e. The molecule has 0 aliphatic carbocycles. The van der Waals surface area contributed by atoms with Crippen LogP contribution < -0.4 is 10.1 Å². The molecule has 3 aromatic rings. The number of hydrogen-bond donors (Lipinski definition) is 1. The molecule has 0 saturated carbocycles. The van der Waals surface area contributed by atoms with E-state index in [1.54, 1.807) is 40.0 Å². The highest BCUT2D eigenvalue weighted by Gasteiger charge is 2.32. The number of hydrogen-bond acceptors (Lipinski definition) is 6. The van der Waals surface area contributed by atoms with Crippen LogP contribution in [0.3, 0.4) is 0 Å². The van der Waals surface area contributed by atoms with Crippen molar-refractivity contribution in [3.63, 3.8) is 0 Å². The summed E-state index contributed by atoms with van der Waals surface area (Å²) in [5, 5.41) is 2.62. The quantitative estimate of drug-likeness (QED) is 0.454. The molecule has 3 rings (SSSR count). The molecule has 0 fully saturated rings. The van der Waals surface area contributed by atoms with Crippen LogP contribution in [0, 0.1) is 0 Å². The van der Waals surface area contributed by atoms with Crippen molar-refractivity contribution in [2.24, 2.45) is 0 Å². The third-order valence-electron chi connectivity index (χ3n) is 4.19. The molecule has 1 heterocycles. The highest BCUT2D eigenvalue weighted by molar-refractivity contribution is 7.22. The highest BCUT2D eigenvalue weighted by atomic mass is 32.1. The minimum absolute atomic E-state index is 0.0813. The van der Waals surface area contributed by atoms with Crippen LogP contribution in [0.25, 0.3) is 10.2 Å². The number of carbonyl (C=O) groups excluding carboxylic acids is 1. The van der Waals surface area contributed by atoms with Gasteiger partial charge in [0.1, 0.15) is 11.4 Å². The Hall–Kier alpha value is -2.85. The molecular weight excluding hydrogens is 445 g/mol. The molecule has 172 valence electrons. The van der Waals surface area contributed by atoms with Crippen molar-refractivity contribution in [3.05, 3.63) is 53.1 Å². The number of nitrogens with one attached hydrogen (secondary N) is 1. The Kier molecular flexibility index (Phi) is 6.94. The van der Waals surface area contributed by atoms with Crippen LogP contribution in [-0.4, -0.2) is 23.8 Å². The maximum atomic E-state index is 13.4. The lowest BCUT2D eigenvalue weighted by atomic mass is 10.1. The van der Waals surface area contributed by atoms with Crippen molar-refractivity contribution >= 4 is 32.8 Å². The van der Waals surface area contributed by atoms with Gasteiger partial charge in [0.2, 0.25) is 0 Å². The van der Waals surface area contributed by atoms with Crippen LogP contribution in [0.5, 0.6) is 5.75 Å². The minimum atomic E-state index is -4.53. The lowest BCUT2D eigenvalue weighted by molar-refractivity contribution is -0.137. The largest absolute Gasteiger partial charge is 0.497 e. The molecule has 1 amide bonds. The van der Waals surface area contributed by atoms with Gasteiger partial charge in [-0.25, -0.2) is 9.78 Å². The molecule has 32 heavy (non-hydrogen) atoms. The molecular formula is C22H23F3N2O4S. The molecule has 0 bridgehead atoms. The van der Waals surface area contributed by atoms with E-state index < -0.39 is 23.4 Å². The molecule has 0 radical (unpaired) electrons. The zero-order valence-corrected chi connectivity index (χ0v) is 18.8. The van der Waals surface area contributed by atoms with Gasteiger partial charge < -0.3 is 14.2 Å². The Morgan fingerprint density at radius 3 is 2.38 bits per heavy atom. The number of nitrogens with zero attached hydrogens (tertiary/aromatic N) is 1. The number of halogens is 3. The van der Waals surface area contributed by atoms with Crippen LogP contribution >= 0.6 is 11.3 Å². The van der Waals surface area contributed by atoms with E-state index in [4.69, 9.17) is 14.2 Å². The molecule has 1 aromatic heterocycles. The summed E-state index contributed by atoms with van der Waals surface area (Å²) in [5.74, 6) is 0.695. The standard InChI is InChI=1S/C22H23F3N2O4S/c1-21(2,3)31-20(28)27-19-26-18-14(9-15(22(23,24)25)10-17(18)32-19)12-30-11-13-5-7-16(29-4)8-6-13/h5-10H,11-12H2,1-4H3,(H,26,27,28). The highest BCUT2D eigenvalue weighted by Crippen LogP contribution is 2.37. The molecule has 0 unspecified atom stereocenters. The molecule has 0 aliphatic heterocycles. The van der Waals surface area contributed by atoms with Crippen molar-refractivity contribution in [2.45, 2.75) is 45.8 Å².